The minimum absolute atomic E-state index is 0.0452. The number of unbranched alkanes of at least 4 members (excludes halogenated alkanes) is 22. The van der Waals surface area contributed by atoms with Crippen LogP contribution in [-0.4, -0.2) is 31.3 Å². The monoisotopic (exact) mass is 863 g/mol. The van der Waals surface area contributed by atoms with Crippen molar-refractivity contribution in [1.29, 1.82) is 0 Å². The van der Waals surface area contributed by atoms with Crippen LogP contribution < -0.4 is 0 Å². The summed E-state index contributed by atoms with van der Waals surface area (Å²) in [6, 6.07) is 30.5. The van der Waals surface area contributed by atoms with Gasteiger partial charge in [-0.1, -0.05) is 232 Å². The fourth-order valence-corrected chi connectivity index (χ4v) is 8.29. The van der Waals surface area contributed by atoms with Gasteiger partial charge in [0.25, 0.3) is 0 Å². The summed E-state index contributed by atoms with van der Waals surface area (Å²) in [6.45, 7) is 4.54. The molecule has 0 saturated heterocycles. The smallest absolute Gasteiger partial charge is 0.306 e. The summed E-state index contributed by atoms with van der Waals surface area (Å²) >= 11 is 0. The number of esters is 2. The van der Waals surface area contributed by atoms with E-state index in [-0.39, 0.29) is 25.2 Å². The second kappa shape index (κ2) is 36.4. The first kappa shape index (κ1) is 53.4. The zero-order valence-electron chi connectivity index (χ0n) is 39.8. The van der Waals surface area contributed by atoms with Crippen molar-refractivity contribution in [3.63, 3.8) is 0 Å². The minimum Gasteiger partial charge on any atom is -0.462 e. The van der Waals surface area contributed by atoms with Gasteiger partial charge in [0.05, 0.1) is 6.61 Å². The van der Waals surface area contributed by atoms with Crippen LogP contribution in [0.3, 0.4) is 0 Å². The first-order chi connectivity index (χ1) is 31.1. The second-order valence-corrected chi connectivity index (χ2v) is 17.6. The van der Waals surface area contributed by atoms with Crippen LogP contribution in [0.25, 0.3) is 0 Å². The summed E-state index contributed by atoms with van der Waals surface area (Å²) in [4.78, 5) is 26.4. The maximum atomic E-state index is 13.4. The summed E-state index contributed by atoms with van der Waals surface area (Å²) in [7, 11) is 0. The molecule has 5 heteroatoms. The Hall–Kier alpha value is -3.96. The molecule has 0 amide bonds. The maximum absolute atomic E-state index is 13.4. The van der Waals surface area contributed by atoms with E-state index in [9.17, 15) is 9.59 Å². The van der Waals surface area contributed by atoms with Crippen molar-refractivity contribution in [2.24, 2.45) is 0 Å². The molecule has 3 aromatic carbocycles. The molecule has 5 nitrogen and oxygen atoms in total. The van der Waals surface area contributed by atoms with Gasteiger partial charge in [-0.2, -0.15) is 0 Å². The molecule has 0 heterocycles. The van der Waals surface area contributed by atoms with Gasteiger partial charge >= 0.3 is 11.9 Å². The fraction of sp³-hybridized carbons (Fsp3) is 0.586. The number of carbonyl (C=O) groups is 2. The van der Waals surface area contributed by atoms with Gasteiger partial charge in [-0.3, -0.25) is 9.59 Å². The summed E-state index contributed by atoms with van der Waals surface area (Å²) < 4.78 is 19.0. The van der Waals surface area contributed by atoms with Crippen molar-refractivity contribution in [1.82, 2.24) is 0 Å². The van der Waals surface area contributed by atoms with Gasteiger partial charge in [0.15, 0.2) is 6.10 Å². The number of allylic oxidation sites excluding steroid dienone is 4. The average Bonchev–Trinajstić information content (AvgIpc) is 3.31. The van der Waals surface area contributed by atoms with Crippen LogP contribution in [0.5, 0.6) is 0 Å². The molecule has 0 aliphatic carbocycles. The van der Waals surface area contributed by atoms with Crippen LogP contribution in [0.4, 0.5) is 0 Å². The van der Waals surface area contributed by atoms with Gasteiger partial charge in [0, 0.05) is 12.8 Å². The lowest BCUT2D eigenvalue weighted by molar-refractivity contribution is -0.165. The Labute approximate surface area is 384 Å². The Balaban J connectivity index is 1.50. The third-order valence-corrected chi connectivity index (χ3v) is 12.0. The summed E-state index contributed by atoms with van der Waals surface area (Å²) in [5.74, 6) is -0.536. The third kappa shape index (κ3) is 24.1. The van der Waals surface area contributed by atoms with Gasteiger partial charge in [0.2, 0.25) is 0 Å². The van der Waals surface area contributed by atoms with E-state index in [2.05, 4.69) is 74.5 Å². The highest BCUT2D eigenvalue weighted by Gasteiger charge is 2.38. The van der Waals surface area contributed by atoms with E-state index in [1.807, 2.05) is 54.6 Å². The van der Waals surface area contributed by atoms with E-state index in [1.54, 1.807) is 0 Å². The standard InChI is InChI=1S/C58H86O5/c1-3-5-7-9-11-13-15-17-19-21-23-25-27-29-40-48-56(59)61-50-55(63-57(60)49-41-30-28-26-24-22-20-18-16-14-12-10-8-6-4-2)51-62-58(52-42-34-31-35-43-52,53-44-36-32-37-45-53)54-46-38-33-39-47-54/h17-20,31-39,42-47,55H,3-16,21-30,40-41,48-51H2,1-2H3/b19-17+,20-18+/t55-/m0/s1. The largest absolute Gasteiger partial charge is 0.462 e. The van der Waals surface area contributed by atoms with Gasteiger partial charge in [0.1, 0.15) is 12.2 Å². The molecule has 1 atom stereocenters. The van der Waals surface area contributed by atoms with Crippen molar-refractivity contribution >= 4 is 11.9 Å². The molecule has 0 bridgehead atoms. The Morgan fingerprint density at radius 3 is 1.14 bits per heavy atom. The number of benzene rings is 3. The van der Waals surface area contributed by atoms with E-state index < -0.39 is 11.7 Å². The van der Waals surface area contributed by atoms with E-state index in [1.165, 1.54) is 116 Å². The lowest BCUT2D eigenvalue weighted by Gasteiger charge is -2.37. The van der Waals surface area contributed by atoms with E-state index in [4.69, 9.17) is 14.2 Å². The van der Waals surface area contributed by atoms with Crippen molar-refractivity contribution in [2.45, 2.75) is 205 Å². The van der Waals surface area contributed by atoms with Crippen molar-refractivity contribution in [2.75, 3.05) is 13.2 Å². The van der Waals surface area contributed by atoms with Gasteiger partial charge in [-0.05, 0) is 80.9 Å². The number of ether oxygens (including phenoxy) is 3. The second-order valence-electron chi connectivity index (χ2n) is 17.6. The van der Waals surface area contributed by atoms with E-state index in [0.29, 0.717) is 12.8 Å². The molecule has 3 aromatic rings. The molecule has 0 aromatic heterocycles. The topological polar surface area (TPSA) is 61.8 Å². The van der Waals surface area contributed by atoms with Crippen LogP contribution in [0.1, 0.15) is 210 Å². The normalized spacial score (nSPS) is 12.3. The first-order valence-electron chi connectivity index (χ1n) is 25.6. The maximum Gasteiger partial charge on any atom is 0.306 e. The predicted molar refractivity (Wildman–Crippen MR) is 265 cm³/mol. The summed E-state index contributed by atoms with van der Waals surface area (Å²) in [5, 5.41) is 0. The number of hydrogen-bond donors (Lipinski definition) is 0. The molecule has 63 heavy (non-hydrogen) atoms. The van der Waals surface area contributed by atoms with Gasteiger partial charge < -0.3 is 14.2 Å². The zero-order chi connectivity index (χ0) is 44.7. The van der Waals surface area contributed by atoms with Crippen molar-refractivity contribution < 1.29 is 23.8 Å². The molecule has 0 saturated carbocycles. The molecule has 0 unspecified atom stereocenters. The molecule has 0 aliphatic heterocycles. The number of hydrogen-bond acceptors (Lipinski definition) is 5. The van der Waals surface area contributed by atoms with E-state index >= 15 is 0 Å². The molecular weight excluding hydrogens is 777 g/mol. The Bertz CT molecular complexity index is 1490. The molecule has 0 N–H and O–H groups in total. The Morgan fingerprint density at radius 1 is 0.429 bits per heavy atom. The highest BCUT2D eigenvalue weighted by Crippen LogP contribution is 2.40. The van der Waals surface area contributed by atoms with Crippen LogP contribution in [0, 0.1) is 0 Å². The van der Waals surface area contributed by atoms with Gasteiger partial charge in [-0.25, -0.2) is 0 Å². The van der Waals surface area contributed by atoms with Gasteiger partial charge in [-0.15, -0.1) is 0 Å². The minimum atomic E-state index is -0.981. The molecule has 0 fully saturated rings. The molecule has 0 aliphatic rings. The van der Waals surface area contributed by atoms with E-state index in [0.717, 1.165) is 68.1 Å². The molecule has 3 rings (SSSR count). The van der Waals surface area contributed by atoms with Crippen molar-refractivity contribution in [3.05, 3.63) is 132 Å². The average molecular weight is 863 g/mol. The first-order valence-corrected chi connectivity index (χ1v) is 25.6. The van der Waals surface area contributed by atoms with Crippen LogP contribution in [-0.2, 0) is 29.4 Å². The number of rotatable bonds is 39. The zero-order valence-corrected chi connectivity index (χ0v) is 39.8. The third-order valence-electron chi connectivity index (χ3n) is 12.0. The fourth-order valence-electron chi connectivity index (χ4n) is 8.29. The molecular formula is C58H86O5. The Kier molecular flexibility index (Phi) is 30.8. The van der Waals surface area contributed by atoms with Crippen molar-refractivity contribution in [3.8, 4) is 0 Å². The molecule has 348 valence electrons. The van der Waals surface area contributed by atoms with Crippen LogP contribution >= 0.6 is 0 Å². The highest BCUT2D eigenvalue weighted by atomic mass is 16.6. The summed E-state index contributed by atoms with van der Waals surface area (Å²) in [6.07, 6.45) is 40.6. The van der Waals surface area contributed by atoms with Crippen LogP contribution in [0.2, 0.25) is 0 Å². The quantitative estimate of drug-likeness (QED) is 0.0247. The predicted octanol–water partition coefficient (Wildman–Crippen LogP) is 16.5. The summed E-state index contributed by atoms with van der Waals surface area (Å²) in [5.41, 5.74) is 1.90. The lowest BCUT2D eigenvalue weighted by atomic mass is 9.80. The Morgan fingerprint density at radius 2 is 0.762 bits per heavy atom. The SMILES string of the molecule is CCCCCCCC/C=C/CCCCCCCC(=O)OC[C@@H](COC(c1ccccc1)(c1ccccc1)c1ccccc1)OC(=O)CCCCCCC/C=C/CCCCCCCC. The lowest BCUT2D eigenvalue weighted by Crippen LogP contribution is -2.38. The van der Waals surface area contributed by atoms with Crippen LogP contribution in [0.15, 0.2) is 115 Å². The molecule has 0 spiro atoms. The number of carbonyl (C=O) groups excluding carboxylic acids is 2. The highest BCUT2D eigenvalue weighted by molar-refractivity contribution is 5.70. The molecule has 0 radical (unpaired) electrons.